The van der Waals surface area contributed by atoms with Crippen LogP contribution in [0.25, 0.3) is 0 Å². The molecule has 0 aliphatic heterocycles. The minimum Gasteiger partial charge on any atom is -0.493 e. The molecule has 0 radical (unpaired) electrons. The largest absolute Gasteiger partial charge is 0.493 e. The molecule has 0 spiro atoms. The van der Waals surface area contributed by atoms with Gasteiger partial charge in [0.05, 0.1) is 37.0 Å². The third-order valence-corrected chi connectivity index (χ3v) is 2.74. The van der Waals surface area contributed by atoms with Gasteiger partial charge in [0, 0.05) is 6.54 Å². The number of rotatable bonds is 7. The van der Waals surface area contributed by atoms with Gasteiger partial charge in [0.1, 0.15) is 0 Å². The number of benzene rings is 1. The molecule has 0 saturated carbocycles. The molecule has 22 heavy (non-hydrogen) atoms. The summed E-state index contributed by atoms with van der Waals surface area (Å²) in [5.41, 5.74) is 2.64. The number of nitrogens with zero attached hydrogens (tertiary/aromatic N) is 2. The van der Waals surface area contributed by atoms with Gasteiger partial charge in [-0.05, 0) is 18.3 Å². The Labute approximate surface area is 133 Å². The number of hydrogen-bond donors (Lipinski definition) is 2. The van der Waals surface area contributed by atoms with Crippen LogP contribution in [0.5, 0.6) is 11.5 Å². The third-order valence-electron chi connectivity index (χ3n) is 2.51. The molecule has 0 saturated heterocycles. The van der Waals surface area contributed by atoms with E-state index in [9.17, 15) is 10.1 Å². The van der Waals surface area contributed by atoms with Crippen LogP contribution in [0, 0.1) is 10.1 Å². The Hall–Kier alpha value is -2.68. The first-order chi connectivity index (χ1) is 10.5. The van der Waals surface area contributed by atoms with Crippen LogP contribution in [0.15, 0.2) is 29.9 Å². The van der Waals surface area contributed by atoms with Crippen molar-refractivity contribution in [2.75, 3.05) is 20.8 Å². The summed E-state index contributed by atoms with van der Waals surface area (Å²) in [7, 11) is 2.85. The Kier molecular flexibility index (Phi) is 6.77. The normalized spacial score (nSPS) is 10.1. The van der Waals surface area contributed by atoms with Gasteiger partial charge in [-0.15, -0.1) is 6.58 Å². The van der Waals surface area contributed by atoms with E-state index in [-0.39, 0.29) is 22.1 Å². The number of nitro groups is 1. The quantitative estimate of drug-likeness (QED) is 0.258. The Morgan fingerprint density at radius 3 is 2.64 bits per heavy atom. The number of hydrogen-bond acceptors (Lipinski definition) is 6. The molecule has 1 rings (SSSR count). The predicted molar refractivity (Wildman–Crippen MR) is 87.7 cm³/mol. The Morgan fingerprint density at radius 1 is 1.45 bits per heavy atom. The second-order valence-electron chi connectivity index (χ2n) is 3.89. The lowest BCUT2D eigenvalue weighted by Crippen LogP contribution is -2.31. The summed E-state index contributed by atoms with van der Waals surface area (Å²) in [6, 6.07) is 2.73. The first-order valence-electron chi connectivity index (χ1n) is 6.11. The van der Waals surface area contributed by atoms with Gasteiger partial charge in [-0.25, -0.2) is 0 Å². The molecule has 2 N–H and O–H groups in total. The maximum Gasteiger partial charge on any atom is 0.282 e. The van der Waals surface area contributed by atoms with Crippen molar-refractivity contribution in [3.05, 3.63) is 40.5 Å². The van der Waals surface area contributed by atoms with Gasteiger partial charge in [-0.3, -0.25) is 15.5 Å². The van der Waals surface area contributed by atoms with Crippen molar-refractivity contribution < 1.29 is 14.4 Å². The van der Waals surface area contributed by atoms with Crippen LogP contribution in [0.2, 0.25) is 0 Å². The molecule has 0 bridgehead atoms. The summed E-state index contributed by atoms with van der Waals surface area (Å²) in [5, 5.41) is 18.0. The summed E-state index contributed by atoms with van der Waals surface area (Å²) >= 11 is 4.95. The van der Waals surface area contributed by atoms with Crippen molar-refractivity contribution in [1.82, 2.24) is 10.7 Å². The molecule has 1 aromatic rings. The number of thiocarbonyl (C=S) groups is 1. The molecule has 0 aromatic heterocycles. The van der Waals surface area contributed by atoms with E-state index in [2.05, 4.69) is 22.4 Å². The first kappa shape index (κ1) is 17.4. The molecule has 1 aromatic carbocycles. The zero-order valence-electron chi connectivity index (χ0n) is 12.2. The van der Waals surface area contributed by atoms with Crippen LogP contribution >= 0.6 is 12.2 Å². The summed E-state index contributed by atoms with van der Waals surface area (Å²) in [5.74, 6) is 0.629. The van der Waals surface area contributed by atoms with E-state index in [0.29, 0.717) is 12.3 Å². The Balaban J connectivity index is 2.99. The highest BCUT2D eigenvalue weighted by atomic mass is 32.1. The molecule has 0 heterocycles. The van der Waals surface area contributed by atoms with Crippen LogP contribution in [-0.2, 0) is 0 Å². The minimum absolute atomic E-state index is 0.159. The molecule has 0 atom stereocenters. The van der Waals surface area contributed by atoms with Gasteiger partial charge in [0.2, 0.25) is 0 Å². The molecule has 0 amide bonds. The van der Waals surface area contributed by atoms with Crippen LogP contribution in [0.3, 0.4) is 0 Å². The van der Waals surface area contributed by atoms with Gasteiger partial charge in [0.15, 0.2) is 16.6 Å². The van der Waals surface area contributed by atoms with Gasteiger partial charge >= 0.3 is 0 Å². The molecule has 0 aliphatic carbocycles. The number of methoxy groups -OCH3 is 2. The fraction of sp³-hybridized carbons (Fsp3) is 0.231. The van der Waals surface area contributed by atoms with E-state index >= 15 is 0 Å². The number of ether oxygens (including phenoxy) is 2. The summed E-state index contributed by atoms with van der Waals surface area (Å²) in [6.07, 6.45) is 2.92. The van der Waals surface area contributed by atoms with Crippen molar-refractivity contribution in [3.63, 3.8) is 0 Å². The highest BCUT2D eigenvalue weighted by Crippen LogP contribution is 2.33. The van der Waals surface area contributed by atoms with E-state index in [1.165, 1.54) is 32.6 Å². The first-order valence-corrected chi connectivity index (χ1v) is 6.52. The van der Waals surface area contributed by atoms with Gasteiger partial charge in [0.25, 0.3) is 5.69 Å². The standard InChI is InChI=1S/C13H16N4O4S/c1-4-5-14-13(22)16-15-8-9-6-11(20-2)12(21-3)7-10(9)17(18)19/h4,6-8H,1,5H2,2-3H3,(H2,14,16,22)/b15-8-. The molecule has 118 valence electrons. The van der Waals surface area contributed by atoms with Crippen LogP contribution in [-0.4, -0.2) is 37.0 Å². The highest BCUT2D eigenvalue weighted by molar-refractivity contribution is 7.80. The number of nitrogens with one attached hydrogen (secondary N) is 2. The second kappa shape index (κ2) is 8.57. The smallest absolute Gasteiger partial charge is 0.282 e. The van der Waals surface area contributed by atoms with Gasteiger partial charge < -0.3 is 14.8 Å². The number of hydrazone groups is 1. The van der Waals surface area contributed by atoms with Gasteiger partial charge in [-0.1, -0.05) is 6.08 Å². The van der Waals surface area contributed by atoms with Crippen LogP contribution in [0.1, 0.15) is 5.56 Å². The SMILES string of the molecule is C=CCNC(=S)N/N=C\c1cc(OC)c(OC)cc1[N+](=O)[O-]. The zero-order chi connectivity index (χ0) is 16.5. The highest BCUT2D eigenvalue weighted by Gasteiger charge is 2.18. The average molecular weight is 324 g/mol. The van der Waals surface area contributed by atoms with E-state index in [1.807, 2.05) is 0 Å². The van der Waals surface area contributed by atoms with E-state index in [0.717, 1.165) is 0 Å². The predicted octanol–water partition coefficient (Wildman–Crippen LogP) is 1.60. The van der Waals surface area contributed by atoms with Crippen molar-refractivity contribution >= 4 is 29.2 Å². The zero-order valence-corrected chi connectivity index (χ0v) is 13.0. The monoisotopic (exact) mass is 324 g/mol. The van der Waals surface area contributed by atoms with E-state index in [1.54, 1.807) is 6.08 Å². The summed E-state index contributed by atoms with van der Waals surface area (Å²) in [4.78, 5) is 10.6. The van der Waals surface area contributed by atoms with Crippen LogP contribution < -0.4 is 20.2 Å². The van der Waals surface area contributed by atoms with E-state index < -0.39 is 4.92 Å². The minimum atomic E-state index is -0.530. The van der Waals surface area contributed by atoms with Gasteiger partial charge in [-0.2, -0.15) is 5.10 Å². The summed E-state index contributed by atoms with van der Waals surface area (Å²) < 4.78 is 10.2. The lowest BCUT2D eigenvalue weighted by atomic mass is 10.1. The summed E-state index contributed by atoms with van der Waals surface area (Å²) in [6.45, 7) is 4.02. The molecular weight excluding hydrogens is 308 g/mol. The fourth-order valence-corrected chi connectivity index (χ4v) is 1.65. The number of nitro benzene ring substituents is 1. The fourth-order valence-electron chi connectivity index (χ4n) is 1.51. The lowest BCUT2D eigenvalue weighted by Gasteiger charge is -2.08. The molecule has 8 nitrogen and oxygen atoms in total. The van der Waals surface area contributed by atoms with Crippen molar-refractivity contribution in [1.29, 1.82) is 0 Å². The van der Waals surface area contributed by atoms with Crippen molar-refractivity contribution in [3.8, 4) is 11.5 Å². The Morgan fingerprint density at radius 2 is 2.09 bits per heavy atom. The molecular formula is C13H16N4O4S. The third kappa shape index (κ3) is 4.70. The molecule has 9 heteroatoms. The van der Waals surface area contributed by atoms with E-state index in [4.69, 9.17) is 21.7 Å². The van der Waals surface area contributed by atoms with Crippen molar-refractivity contribution in [2.24, 2.45) is 5.10 Å². The maximum atomic E-state index is 11.1. The molecule has 0 aliphatic rings. The Bertz CT molecular complexity index is 604. The lowest BCUT2D eigenvalue weighted by molar-refractivity contribution is -0.385. The second-order valence-corrected chi connectivity index (χ2v) is 4.30. The average Bonchev–Trinajstić information content (AvgIpc) is 2.51. The van der Waals surface area contributed by atoms with Crippen molar-refractivity contribution in [2.45, 2.75) is 0 Å². The molecule has 0 fully saturated rings. The van der Waals surface area contributed by atoms with Crippen LogP contribution in [0.4, 0.5) is 5.69 Å². The maximum absolute atomic E-state index is 11.1. The topological polar surface area (TPSA) is 98.0 Å². The molecule has 0 unspecified atom stereocenters.